The fourth-order valence-corrected chi connectivity index (χ4v) is 1.36. The van der Waals surface area contributed by atoms with E-state index in [1.54, 1.807) is 6.21 Å². The average molecular weight is 185 g/mol. The third kappa shape index (κ3) is 6.62. The SMILES string of the molecule is CC(C)CCCC(C)C(C)C=NO. The van der Waals surface area contributed by atoms with Gasteiger partial charge in [0, 0.05) is 6.21 Å². The first-order valence-electron chi connectivity index (χ1n) is 5.25. The molecule has 0 amide bonds. The maximum atomic E-state index is 8.37. The molecule has 0 bridgehead atoms. The van der Waals surface area contributed by atoms with E-state index in [1.807, 2.05) is 0 Å². The van der Waals surface area contributed by atoms with E-state index in [9.17, 15) is 0 Å². The van der Waals surface area contributed by atoms with E-state index in [2.05, 4.69) is 32.9 Å². The zero-order chi connectivity index (χ0) is 10.3. The van der Waals surface area contributed by atoms with Gasteiger partial charge in [0.15, 0.2) is 0 Å². The molecule has 0 aliphatic heterocycles. The van der Waals surface area contributed by atoms with Crippen molar-refractivity contribution in [3.05, 3.63) is 0 Å². The second-order valence-corrected chi connectivity index (χ2v) is 4.43. The summed E-state index contributed by atoms with van der Waals surface area (Å²) in [4.78, 5) is 0. The molecule has 0 saturated carbocycles. The van der Waals surface area contributed by atoms with Crippen LogP contribution in [0.1, 0.15) is 47.0 Å². The Kier molecular flexibility index (Phi) is 6.65. The van der Waals surface area contributed by atoms with Crippen molar-refractivity contribution in [2.75, 3.05) is 0 Å². The van der Waals surface area contributed by atoms with Gasteiger partial charge in [-0.1, -0.05) is 47.0 Å². The highest BCUT2D eigenvalue weighted by Gasteiger charge is 2.09. The van der Waals surface area contributed by atoms with Gasteiger partial charge in [0.1, 0.15) is 0 Å². The molecular weight excluding hydrogens is 162 g/mol. The summed E-state index contributed by atoms with van der Waals surface area (Å²) in [5.74, 6) is 1.81. The molecule has 0 aliphatic rings. The fraction of sp³-hybridized carbons (Fsp3) is 0.909. The fourth-order valence-electron chi connectivity index (χ4n) is 1.36. The number of hydrogen-bond acceptors (Lipinski definition) is 2. The lowest BCUT2D eigenvalue weighted by Gasteiger charge is -2.15. The minimum absolute atomic E-state index is 0.386. The zero-order valence-electron chi connectivity index (χ0n) is 9.33. The van der Waals surface area contributed by atoms with Crippen LogP contribution in [-0.4, -0.2) is 11.4 Å². The number of hydrogen-bond donors (Lipinski definition) is 1. The Morgan fingerprint density at radius 3 is 2.23 bits per heavy atom. The van der Waals surface area contributed by atoms with E-state index in [0.29, 0.717) is 11.8 Å². The second-order valence-electron chi connectivity index (χ2n) is 4.43. The Balaban J connectivity index is 3.55. The Hall–Kier alpha value is -0.530. The van der Waals surface area contributed by atoms with Gasteiger partial charge in [0.25, 0.3) is 0 Å². The minimum Gasteiger partial charge on any atom is -0.411 e. The second kappa shape index (κ2) is 6.93. The highest BCUT2D eigenvalue weighted by atomic mass is 16.4. The Morgan fingerprint density at radius 1 is 1.15 bits per heavy atom. The Morgan fingerprint density at radius 2 is 1.77 bits per heavy atom. The lowest BCUT2D eigenvalue weighted by Crippen LogP contribution is -2.09. The van der Waals surface area contributed by atoms with E-state index in [1.165, 1.54) is 19.3 Å². The van der Waals surface area contributed by atoms with Crippen LogP contribution in [0.3, 0.4) is 0 Å². The van der Waals surface area contributed by atoms with Crippen molar-refractivity contribution in [2.45, 2.75) is 47.0 Å². The summed E-state index contributed by atoms with van der Waals surface area (Å²) in [5, 5.41) is 11.4. The van der Waals surface area contributed by atoms with E-state index in [0.717, 1.165) is 5.92 Å². The maximum absolute atomic E-state index is 8.37. The molecule has 2 heteroatoms. The lowest BCUT2D eigenvalue weighted by atomic mass is 9.90. The van der Waals surface area contributed by atoms with Crippen LogP contribution in [0.15, 0.2) is 5.16 Å². The molecule has 0 fully saturated rings. The van der Waals surface area contributed by atoms with Crippen LogP contribution >= 0.6 is 0 Å². The first kappa shape index (κ1) is 12.5. The van der Waals surface area contributed by atoms with Crippen molar-refractivity contribution >= 4 is 6.21 Å². The van der Waals surface area contributed by atoms with Crippen LogP contribution in [0.5, 0.6) is 0 Å². The molecule has 0 aromatic carbocycles. The maximum Gasteiger partial charge on any atom is 0.0466 e. The van der Waals surface area contributed by atoms with Crippen LogP contribution in [0, 0.1) is 17.8 Å². The van der Waals surface area contributed by atoms with Crippen LogP contribution in [0.2, 0.25) is 0 Å². The van der Waals surface area contributed by atoms with Gasteiger partial charge >= 0.3 is 0 Å². The molecule has 0 heterocycles. The summed E-state index contributed by atoms with van der Waals surface area (Å²) in [6.07, 6.45) is 5.43. The lowest BCUT2D eigenvalue weighted by molar-refractivity contribution is 0.313. The molecule has 2 unspecified atom stereocenters. The van der Waals surface area contributed by atoms with E-state index >= 15 is 0 Å². The van der Waals surface area contributed by atoms with E-state index in [4.69, 9.17) is 5.21 Å². The van der Waals surface area contributed by atoms with Gasteiger partial charge in [0.05, 0.1) is 0 Å². The molecule has 0 spiro atoms. The van der Waals surface area contributed by atoms with Gasteiger partial charge in [0.2, 0.25) is 0 Å². The van der Waals surface area contributed by atoms with Crippen LogP contribution < -0.4 is 0 Å². The predicted molar refractivity (Wildman–Crippen MR) is 57.3 cm³/mol. The third-order valence-electron chi connectivity index (χ3n) is 2.64. The summed E-state index contributed by atoms with van der Waals surface area (Å²) in [5.41, 5.74) is 0. The molecule has 1 N–H and O–H groups in total. The number of oxime groups is 1. The van der Waals surface area contributed by atoms with Gasteiger partial charge in [-0.05, 0) is 17.8 Å². The minimum atomic E-state index is 0.386. The van der Waals surface area contributed by atoms with E-state index < -0.39 is 0 Å². The molecule has 78 valence electrons. The molecule has 0 rings (SSSR count). The van der Waals surface area contributed by atoms with Crippen molar-refractivity contribution in [1.29, 1.82) is 0 Å². The topological polar surface area (TPSA) is 32.6 Å². The van der Waals surface area contributed by atoms with Crippen LogP contribution in [0.25, 0.3) is 0 Å². The molecule has 0 aromatic rings. The molecule has 0 saturated heterocycles. The largest absolute Gasteiger partial charge is 0.411 e. The van der Waals surface area contributed by atoms with Crippen molar-refractivity contribution in [1.82, 2.24) is 0 Å². The Bertz CT molecular complexity index is 143. The van der Waals surface area contributed by atoms with Crippen molar-refractivity contribution in [3.63, 3.8) is 0 Å². The number of nitrogens with zero attached hydrogens (tertiary/aromatic N) is 1. The van der Waals surface area contributed by atoms with E-state index in [-0.39, 0.29) is 0 Å². The Labute approximate surface area is 82.0 Å². The zero-order valence-corrected chi connectivity index (χ0v) is 9.33. The normalized spacial score (nSPS) is 16.7. The average Bonchev–Trinajstić information content (AvgIpc) is 2.04. The quantitative estimate of drug-likeness (QED) is 0.383. The smallest absolute Gasteiger partial charge is 0.0466 e. The predicted octanol–water partition coefficient (Wildman–Crippen LogP) is 3.54. The van der Waals surface area contributed by atoms with Crippen molar-refractivity contribution < 1.29 is 5.21 Å². The highest BCUT2D eigenvalue weighted by Crippen LogP contribution is 2.18. The van der Waals surface area contributed by atoms with Crippen molar-refractivity contribution in [2.24, 2.45) is 22.9 Å². The van der Waals surface area contributed by atoms with Crippen LogP contribution in [-0.2, 0) is 0 Å². The van der Waals surface area contributed by atoms with Gasteiger partial charge in [-0.3, -0.25) is 0 Å². The summed E-state index contributed by atoms with van der Waals surface area (Å²) in [7, 11) is 0. The number of rotatable bonds is 6. The summed E-state index contributed by atoms with van der Waals surface area (Å²) in [6.45, 7) is 8.82. The third-order valence-corrected chi connectivity index (χ3v) is 2.64. The molecular formula is C11H23NO. The van der Waals surface area contributed by atoms with Gasteiger partial charge < -0.3 is 5.21 Å². The molecule has 13 heavy (non-hydrogen) atoms. The first-order valence-corrected chi connectivity index (χ1v) is 5.25. The molecule has 0 aromatic heterocycles. The van der Waals surface area contributed by atoms with Crippen LogP contribution in [0.4, 0.5) is 0 Å². The van der Waals surface area contributed by atoms with Gasteiger partial charge in [-0.15, -0.1) is 5.16 Å². The molecule has 2 atom stereocenters. The van der Waals surface area contributed by atoms with Gasteiger partial charge in [-0.2, -0.15) is 0 Å². The summed E-state index contributed by atoms with van der Waals surface area (Å²) >= 11 is 0. The molecule has 0 radical (unpaired) electrons. The molecule has 2 nitrogen and oxygen atoms in total. The van der Waals surface area contributed by atoms with Gasteiger partial charge in [-0.25, -0.2) is 0 Å². The standard InChI is InChI=1S/C11H23NO/c1-9(2)6-5-7-10(3)11(4)8-12-13/h8-11,13H,5-7H2,1-4H3. The summed E-state index contributed by atoms with van der Waals surface area (Å²) in [6, 6.07) is 0. The first-order chi connectivity index (χ1) is 6.07. The van der Waals surface area contributed by atoms with Crippen molar-refractivity contribution in [3.8, 4) is 0 Å². The summed E-state index contributed by atoms with van der Waals surface area (Å²) < 4.78 is 0. The highest BCUT2D eigenvalue weighted by molar-refractivity contribution is 5.59. The molecule has 0 aliphatic carbocycles. The monoisotopic (exact) mass is 185 g/mol.